The number of phenols is 2. The van der Waals surface area contributed by atoms with Crippen molar-refractivity contribution in [3.63, 3.8) is 0 Å². The molecule has 33 heavy (non-hydrogen) atoms. The molecule has 0 heterocycles. The molecule has 2 rings (SSSR count). The van der Waals surface area contributed by atoms with Gasteiger partial charge in [0.2, 0.25) is 5.41 Å². The monoisotopic (exact) mass is 476 g/mol. The van der Waals surface area contributed by atoms with E-state index in [0.717, 1.165) is 24.3 Å². The van der Waals surface area contributed by atoms with Gasteiger partial charge in [0.25, 0.3) is 0 Å². The maximum Gasteiger partial charge on any atom is 0.411 e. The fraction of sp³-hybridized carbons (Fsp3) is 0.520. The molecule has 0 saturated carbocycles. The van der Waals surface area contributed by atoms with E-state index in [2.05, 4.69) is 0 Å². The number of hydrogen-bond donors (Lipinski definition) is 2. The molecular weight excluding hydrogens is 446 g/mol. The molecule has 0 aliphatic heterocycles. The largest absolute Gasteiger partial charge is 0.508 e. The van der Waals surface area contributed by atoms with Crippen LogP contribution in [0.3, 0.4) is 0 Å². The van der Waals surface area contributed by atoms with Gasteiger partial charge in [-0.25, -0.2) is 0 Å². The Morgan fingerprint density at radius 3 is 1.15 bits per heavy atom. The van der Waals surface area contributed by atoms with Crippen molar-refractivity contribution in [2.45, 2.75) is 83.0 Å². The molecule has 0 atom stereocenters. The van der Waals surface area contributed by atoms with Crippen molar-refractivity contribution in [2.24, 2.45) is 0 Å². The summed E-state index contributed by atoms with van der Waals surface area (Å²) < 4.78 is 87.7. The predicted molar refractivity (Wildman–Crippen MR) is 116 cm³/mol. The minimum Gasteiger partial charge on any atom is -0.508 e. The van der Waals surface area contributed by atoms with Gasteiger partial charge in [0.05, 0.1) is 0 Å². The fourth-order valence-electron chi connectivity index (χ4n) is 3.99. The second-order valence-electron chi connectivity index (χ2n) is 9.68. The first-order chi connectivity index (χ1) is 14.9. The third-order valence-corrected chi connectivity index (χ3v) is 6.94. The molecule has 0 fully saturated rings. The number of phenolic OH excluding ortho intramolecular Hbond substituents is 2. The van der Waals surface area contributed by atoms with E-state index in [1.54, 1.807) is 41.5 Å². The van der Waals surface area contributed by atoms with Crippen LogP contribution in [0, 0.1) is 0 Å². The molecule has 8 heteroatoms. The zero-order valence-electron chi connectivity index (χ0n) is 19.5. The van der Waals surface area contributed by atoms with Gasteiger partial charge in [0.1, 0.15) is 11.5 Å². The Morgan fingerprint density at radius 1 is 0.606 bits per heavy atom. The van der Waals surface area contributed by atoms with E-state index in [1.807, 2.05) is 0 Å². The lowest BCUT2D eigenvalue weighted by Crippen LogP contribution is -2.55. The van der Waals surface area contributed by atoms with E-state index in [9.17, 15) is 36.6 Å². The van der Waals surface area contributed by atoms with Crippen molar-refractivity contribution in [1.82, 2.24) is 0 Å². The number of halogens is 6. The molecular formula is C25H30F6O2. The highest BCUT2D eigenvalue weighted by Crippen LogP contribution is 2.57. The highest BCUT2D eigenvalue weighted by atomic mass is 19.4. The van der Waals surface area contributed by atoms with E-state index < -0.39 is 39.7 Å². The second-order valence-corrected chi connectivity index (χ2v) is 9.68. The van der Waals surface area contributed by atoms with Crippen LogP contribution >= 0.6 is 0 Å². The van der Waals surface area contributed by atoms with E-state index in [1.165, 1.54) is 0 Å². The zero-order valence-corrected chi connectivity index (χ0v) is 19.5. The second kappa shape index (κ2) is 8.44. The van der Waals surface area contributed by atoms with E-state index >= 15 is 0 Å². The molecule has 0 spiro atoms. The third kappa shape index (κ3) is 4.41. The third-order valence-electron chi connectivity index (χ3n) is 6.94. The van der Waals surface area contributed by atoms with Crippen molar-refractivity contribution in [2.75, 3.05) is 0 Å². The maximum absolute atomic E-state index is 14.6. The number of aromatic hydroxyl groups is 2. The predicted octanol–water partition coefficient (Wildman–Crippen LogP) is 7.88. The molecule has 2 aromatic carbocycles. The topological polar surface area (TPSA) is 40.5 Å². The van der Waals surface area contributed by atoms with E-state index in [-0.39, 0.29) is 22.6 Å². The highest BCUT2D eigenvalue weighted by Gasteiger charge is 2.72. The van der Waals surface area contributed by atoms with E-state index in [4.69, 9.17) is 0 Å². The first-order valence-corrected chi connectivity index (χ1v) is 10.7. The molecule has 0 aromatic heterocycles. The van der Waals surface area contributed by atoms with Crippen molar-refractivity contribution >= 4 is 0 Å². The van der Waals surface area contributed by atoms with Crippen LogP contribution in [0.1, 0.15) is 76.6 Å². The van der Waals surface area contributed by atoms with Crippen molar-refractivity contribution in [1.29, 1.82) is 0 Å². The fourth-order valence-corrected chi connectivity index (χ4v) is 3.99. The quantitative estimate of drug-likeness (QED) is 0.416. The van der Waals surface area contributed by atoms with Gasteiger partial charge in [-0.3, -0.25) is 0 Å². The Kier molecular flexibility index (Phi) is 6.87. The summed E-state index contributed by atoms with van der Waals surface area (Å²) in [6, 6.07) is 4.71. The molecule has 2 aromatic rings. The molecule has 2 N–H and O–H groups in total. The van der Waals surface area contributed by atoms with Crippen molar-refractivity contribution < 1.29 is 36.6 Å². The highest BCUT2D eigenvalue weighted by molar-refractivity contribution is 5.53. The Bertz CT molecular complexity index is 921. The van der Waals surface area contributed by atoms with Crippen molar-refractivity contribution in [3.8, 4) is 11.5 Å². The van der Waals surface area contributed by atoms with Crippen LogP contribution in [0.2, 0.25) is 0 Å². The molecule has 0 aliphatic rings. The Hall–Kier alpha value is -2.38. The van der Waals surface area contributed by atoms with Crippen LogP contribution in [0.4, 0.5) is 26.3 Å². The first-order valence-electron chi connectivity index (χ1n) is 10.7. The Balaban J connectivity index is 3.06. The summed E-state index contributed by atoms with van der Waals surface area (Å²) in [4.78, 5) is 0. The first kappa shape index (κ1) is 26.9. The summed E-state index contributed by atoms with van der Waals surface area (Å²) in [5.74, 6) is -0.746. The summed E-state index contributed by atoms with van der Waals surface area (Å²) in [7, 11) is 0. The maximum atomic E-state index is 14.6. The molecule has 0 saturated heterocycles. The van der Waals surface area contributed by atoms with Crippen LogP contribution < -0.4 is 0 Å². The Morgan fingerprint density at radius 2 is 0.909 bits per heavy atom. The molecule has 0 amide bonds. The smallest absolute Gasteiger partial charge is 0.411 e. The van der Waals surface area contributed by atoms with Crippen LogP contribution in [-0.4, -0.2) is 22.6 Å². The summed E-state index contributed by atoms with van der Waals surface area (Å²) in [6.45, 7) is 10.0. The van der Waals surface area contributed by atoms with Gasteiger partial charge in [-0.2, -0.15) is 26.3 Å². The van der Waals surface area contributed by atoms with Gasteiger partial charge < -0.3 is 10.2 Å². The number of rotatable bonds is 6. The average molecular weight is 477 g/mol. The van der Waals surface area contributed by atoms with Crippen LogP contribution in [0.5, 0.6) is 11.5 Å². The van der Waals surface area contributed by atoms with Gasteiger partial charge in [-0.1, -0.05) is 53.7 Å². The molecule has 0 bridgehead atoms. The lowest BCUT2D eigenvalue weighted by atomic mass is 9.69. The summed E-state index contributed by atoms with van der Waals surface area (Å²) >= 11 is 0. The van der Waals surface area contributed by atoms with Crippen molar-refractivity contribution in [3.05, 3.63) is 58.7 Å². The Labute approximate surface area is 190 Å². The molecule has 0 aliphatic carbocycles. The normalized spacial score (nSPS) is 13.9. The zero-order chi connectivity index (χ0) is 25.6. The van der Waals surface area contributed by atoms with Crippen LogP contribution in [0.15, 0.2) is 36.4 Å². The summed E-state index contributed by atoms with van der Waals surface area (Å²) in [5.41, 5.74) is -8.19. The lowest BCUT2D eigenvalue weighted by Gasteiger charge is -2.40. The van der Waals surface area contributed by atoms with Crippen LogP contribution in [-0.2, 0) is 16.2 Å². The van der Waals surface area contributed by atoms with Gasteiger partial charge in [0, 0.05) is 0 Å². The molecule has 0 radical (unpaired) electrons. The molecule has 0 unspecified atom stereocenters. The lowest BCUT2D eigenvalue weighted by molar-refractivity contribution is -0.288. The average Bonchev–Trinajstić information content (AvgIpc) is 2.68. The standard InChI is InChI=1S/C25H30F6O2/c1-7-21(3,4)17-13-15(9-11-19(17)32)23(24(26,27)28,25(29,30)31)16-10-12-20(33)18(14-16)22(5,6)8-2/h9-14,32-33H,7-8H2,1-6H3. The van der Waals surface area contributed by atoms with Gasteiger partial charge in [-0.15, -0.1) is 0 Å². The molecule has 184 valence electrons. The van der Waals surface area contributed by atoms with Gasteiger partial charge in [0.15, 0.2) is 0 Å². The minimum atomic E-state index is -5.76. The van der Waals surface area contributed by atoms with Crippen LogP contribution in [0.25, 0.3) is 0 Å². The summed E-state index contributed by atoms with van der Waals surface area (Å²) in [5, 5.41) is 20.5. The molecule has 2 nitrogen and oxygen atoms in total. The minimum absolute atomic E-state index is 0.00624. The SMILES string of the molecule is CCC(C)(C)c1cc(C(c2ccc(O)c(C(C)(C)CC)c2)(C(F)(F)F)C(F)(F)F)ccc1O. The van der Waals surface area contributed by atoms with Gasteiger partial charge >= 0.3 is 12.4 Å². The number of benzene rings is 2. The van der Waals surface area contributed by atoms with E-state index in [0.29, 0.717) is 25.0 Å². The number of alkyl halides is 6. The number of hydrogen-bond acceptors (Lipinski definition) is 2. The van der Waals surface area contributed by atoms with Gasteiger partial charge in [-0.05, 0) is 70.2 Å². The summed E-state index contributed by atoms with van der Waals surface area (Å²) in [6.07, 6.45) is -10.8.